The molecule has 4 aromatic rings. The fourth-order valence-electron chi connectivity index (χ4n) is 5.66. The number of thiazole rings is 1. The molecule has 2 aliphatic rings. The van der Waals surface area contributed by atoms with Crippen molar-refractivity contribution in [3.8, 4) is 17.3 Å². The summed E-state index contributed by atoms with van der Waals surface area (Å²) in [5, 5.41) is 22.6. The number of nitrogens with one attached hydrogen (secondary N) is 2. The minimum Gasteiger partial charge on any atom is -0.444 e. The number of hydrogen-bond acceptors (Lipinski definition) is 9. The molecule has 2 fully saturated rings. The average Bonchev–Trinajstić information content (AvgIpc) is 3.51. The maximum absolute atomic E-state index is 12.3. The average molecular weight is 551 g/mol. The molecule has 10 nitrogen and oxygen atoms in total. The number of aromatic nitrogens is 5. The van der Waals surface area contributed by atoms with E-state index in [1.54, 1.807) is 0 Å². The van der Waals surface area contributed by atoms with Crippen LogP contribution in [0.5, 0.6) is 0 Å². The van der Waals surface area contributed by atoms with E-state index in [-0.39, 0.29) is 23.8 Å². The van der Waals surface area contributed by atoms with Gasteiger partial charge in [-0.25, -0.2) is 14.8 Å². The lowest BCUT2D eigenvalue weighted by atomic mass is 9.98. The molecule has 0 saturated carbocycles. The van der Waals surface area contributed by atoms with Gasteiger partial charge in [0.05, 0.1) is 31.3 Å². The zero-order valence-corrected chi connectivity index (χ0v) is 23.1. The Balaban J connectivity index is 1.31. The third-order valence-electron chi connectivity index (χ3n) is 7.07. The van der Waals surface area contributed by atoms with Crippen molar-refractivity contribution in [3.05, 3.63) is 27.9 Å². The summed E-state index contributed by atoms with van der Waals surface area (Å²) in [6.45, 7) is 7.50. The number of carbonyl (C=O) groups excluding carboxylic acids is 1. The van der Waals surface area contributed by atoms with Gasteiger partial charge < -0.3 is 15.0 Å². The van der Waals surface area contributed by atoms with Crippen molar-refractivity contribution in [2.75, 3.05) is 4.90 Å². The van der Waals surface area contributed by atoms with Gasteiger partial charge in [-0.1, -0.05) is 11.6 Å². The molecular weight excluding hydrogens is 524 g/mol. The number of aryl methyl sites for hydroxylation is 1. The molecule has 1 aromatic carbocycles. The van der Waals surface area contributed by atoms with Crippen LogP contribution in [-0.2, 0) is 4.74 Å². The summed E-state index contributed by atoms with van der Waals surface area (Å²) in [4.78, 5) is 28.5. The summed E-state index contributed by atoms with van der Waals surface area (Å²) in [5.74, 6) is 0.495. The molecule has 38 heavy (non-hydrogen) atoms. The van der Waals surface area contributed by atoms with Gasteiger partial charge in [0.25, 0.3) is 0 Å². The number of hydrogen-bond donors (Lipinski definition) is 2. The first kappa shape index (κ1) is 24.8. The smallest absolute Gasteiger partial charge is 0.407 e. The standard InChI is InChI=1S/C26H27ClN8O2S/c1-12-29-17-8-7-16(20(27)22(17)38-12)21-19-18(11-28)31-24(32-23(19)34-33-21)35-14-5-6-15(35)10-13(9-14)30-25(36)37-26(2,3)4/h7-8,13-15H,5-6,9-10H2,1-4H3,(H,30,36)(H,31,32,33,34)/t13?,14-,15+. The fourth-order valence-corrected chi connectivity index (χ4v) is 6.89. The van der Waals surface area contributed by atoms with Crippen LogP contribution in [0.1, 0.15) is 57.2 Å². The molecule has 0 aliphatic carbocycles. The quantitative estimate of drug-likeness (QED) is 0.342. The highest BCUT2D eigenvalue weighted by atomic mass is 35.5. The van der Waals surface area contributed by atoms with Crippen LogP contribution in [0.3, 0.4) is 0 Å². The predicted molar refractivity (Wildman–Crippen MR) is 146 cm³/mol. The highest BCUT2D eigenvalue weighted by Crippen LogP contribution is 2.41. The van der Waals surface area contributed by atoms with E-state index in [9.17, 15) is 10.1 Å². The van der Waals surface area contributed by atoms with Crippen LogP contribution in [0.2, 0.25) is 5.02 Å². The second-order valence-electron chi connectivity index (χ2n) is 10.9. The monoisotopic (exact) mass is 550 g/mol. The predicted octanol–water partition coefficient (Wildman–Crippen LogP) is 5.49. The van der Waals surface area contributed by atoms with Crippen LogP contribution in [0.4, 0.5) is 10.7 Å². The molecule has 196 valence electrons. The van der Waals surface area contributed by atoms with E-state index in [1.807, 2.05) is 39.8 Å². The number of halogens is 1. The summed E-state index contributed by atoms with van der Waals surface area (Å²) in [5.41, 5.74) is 2.31. The van der Waals surface area contributed by atoms with Crippen LogP contribution in [0, 0.1) is 18.3 Å². The summed E-state index contributed by atoms with van der Waals surface area (Å²) in [7, 11) is 0. The Morgan fingerprint density at radius 1 is 1.24 bits per heavy atom. The van der Waals surface area contributed by atoms with Crippen molar-refractivity contribution in [3.63, 3.8) is 0 Å². The van der Waals surface area contributed by atoms with Crippen molar-refractivity contribution >= 4 is 56.2 Å². The van der Waals surface area contributed by atoms with Crippen LogP contribution in [0.15, 0.2) is 12.1 Å². The highest BCUT2D eigenvalue weighted by molar-refractivity contribution is 7.19. The number of H-pyrrole nitrogens is 1. The molecule has 2 bridgehead atoms. The zero-order chi connectivity index (χ0) is 26.8. The number of benzene rings is 1. The number of alkyl carbamates (subject to hydrolysis) is 1. The Labute approximate surface area is 228 Å². The van der Waals surface area contributed by atoms with Gasteiger partial charge in [-0.3, -0.25) is 5.10 Å². The summed E-state index contributed by atoms with van der Waals surface area (Å²) in [6.07, 6.45) is 3.06. The number of ether oxygens (including phenoxy) is 1. The highest BCUT2D eigenvalue weighted by Gasteiger charge is 2.43. The Bertz CT molecular complexity index is 1600. The van der Waals surface area contributed by atoms with Crippen LogP contribution in [-0.4, -0.2) is 55.0 Å². The molecule has 3 atom stereocenters. The van der Waals surface area contributed by atoms with Gasteiger partial charge in [0.15, 0.2) is 11.3 Å². The Morgan fingerprint density at radius 2 is 1.97 bits per heavy atom. The maximum atomic E-state index is 12.3. The Kier molecular flexibility index (Phi) is 5.92. The van der Waals surface area contributed by atoms with Crippen LogP contribution < -0.4 is 10.2 Å². The van der Waals surface area contributed by atoms with E-state index in [0.717, 1.165) is 46.5 Å². The van der Waals surface area contributed by atoms with E-state index in [2.05, 4.69) is 31.5 Å². The second kappa shape index (κ2) is 9.06. The van der Waals surface area contributed by atoms with Gasteiger partial charge in [-0.2, -0.15) is 15.3 Å². The van der Waals surface area contributed by atoms with Crippen LogP contribution in [0.25, 0.3) is 32.5 Å². The van der Waals surface area contributed by atoms with E-state index >= 15 is 0 Å². The molecule has 6 rings (SSSR count). The van der Waals surface area contributed by atoms with Crippen molar-refractivity contribution in [1.82, 2.24) is 30.5 Å². The molecule has 0 radical (unpaired) electrons. The lowest BCUT2D eigenvalue weighted by molar-refractivity contribution is 0.0492. The van der Waals surface area contributed by atoms with Gasteiger partial charge in [0.1, 0.15) is 11.7 Å². The lowest BCUT2D eigenvalue weighted by Gasteiger charge is -2.39. The normalized spacial score (nSPS) is 21.2. The molecule has 1 amide bonds. The molecule has 3 aromatic heterocycles. The van der Waals surface area contributed by atoms with Crippen molar-refractivity contribution in [2.45, 2.75) is 77.1 Å². The Hall–Kier alpha value is -3.49. The molecule has 2 saturated heterocycles. The third kappa shape index (κ3) is 4.31. The largest absolute Gasteiger partial charge is 0.444 e. The number of aromatic amines is 1. The molecule has 1 unspecified atom stereocenters. The number of carbonyl (C=O) groups is 1. The van der Waals surface area contributed by atoms with Gasteiger partial charge in [-0.05, 0) is 65.5 Å². The van der Waals surface area contributed by atoms with E-state index < -0.39 is 11.7 Å². The number of amides is 1. The molecule has 12 heteroatoms. The van der Waals surface area contributed by atoms with Gasteiger partial charge in [0.2, 0.25) is 5.95 Å². The first-order valence-electron chi connectivity index (χ1n) is 12.6. The number of piperidine rings is 1. The molecule has 0 spiro atoms. The lowest BCUT2D eigenvalue weighted by Crippen LogP contribution is -2.51. The maximum Gasteiger partial charge on any atom is 0.407 e. The van der Waals surface area contributed by atoms with Gasteiger partial charge >= 0.3 is 6.09 Å². The molecule has 2 N–H and O–H groups in total. The van der Waals surface area contributed by atoms with E-state index in [4.69, 9.17) is 26.3 Å². The van der Waals surface area contributed by atoms with Crippen molar-refractivity contribution in [2.24, 2.45) is 0 Å². The number of anilines is 1. The fraction of sp³-hybridized carbons (Fsp3) is 0.462. The summed E-state index contributed by atoms with van der Waals surface area (Å²) < 4.78 is 6.33. The minimum absolute atomic E-state index is 0.0159. The zero-order valence-electron chi connectivity index (χ0n) is 21.5. The van der Waals surface area contributed by atoms with Gasteiger partial charge in [-0.15, -0.1) is 11.3 Å². The first-order valence-corrected chi connectivity index (χ1v) is 13.8. The molecule has 5 heterocycles. The third-order valence-corrected chi connectivity index (χ3v) is 8.57. The number of rotatable bonds is 3. The topological polar surface area (TPSA) is 133 Å². The molecular formula is C26H27ClN8O2S. The number of fused-ring (bicyclic) bond motifs is 4. The summed E-state index contributed by atoms with van der Waals surface area (Å²) >= 11 is 8.30. The Morgan fingerprint density at radius 3 is 2.66 bits per heavy atom. The molecule has 2 aliphatic heterocycles. The first-order chi connectivity index (χ1) is 18.1. The SMILES string of the molecule is Cc1nc2ccc(-c3[nH]nc4nc(N5[C@@H]6CC[C@H]5CC(NC(=O)OC(C)(C)C)C6)nc(C#N)c34)c(Cl)c2s1. The number of nitrogens with zero attached hydrogens (tertiary/aromatic N) is 6. The number of nitriles is 1. The van der Waals surface area contributed by atoms with Gasteiger partial charge in [0, 0.05) is 23.7 Å². The van der Waals surface area contributed by atoms with E-state index in [1.165, 1.54) is 11.3 Å². The van der Waals surface area contributed by atoms with Crippen LogP contribution >= 0.6 is 22.9 Å². The van der Waals surface area contributed by atoms with E-state index in [0.29, 0.717) is 27.7 Å². The van der Waals surface area contributed by atoms with Crippen molar-refractivity contribution in [1.29, 1.82) is 5.26 Å². The summed E-state index contributed by atoms with van der Waals surface area (Å²) in [6, 6.07) is 6.38. The second-order valence-corrected chi connectivity index (χ2v) is 12.5. The minimum atomic E-state index is -0.543. The van der Waals surface area contributed by atoms with Crippen molar-refractivity contribution < 1.29 is 9.53 Å².